The Morgan fingerprint density at radius 1 is 1.36 bits per heavy atom. The van der Waals surface area contributed by atoms with Crippen LogP contribution >= 0.6 is 6.64 Å². The highest BCUT2D eigenvalue weighted by molar-refractivity contribution is 8.09. The average Bonchev–Trinajstić information content (AvgIpc) is 2.08. The molecule has 14 heavy (non-hydrogen) atoms. The average molecular weight is 231 g/mol. The second kappa shape index (κ2) is 4.89. The first-order valence-corrected chi connectivity index (χ1v) is 7.03. The lowest BCUT2D eigenvalue weighted by Crippen LogP contribution is -2.05. The Labute approximate surface area is 89.4 Å². The standard InChI is InChI=1S/C9H14NO2PS/c1-3-11-13(10,14)12-9-6-4-8(2)5-7-9/h4-7H,3H2,1-2H3,(H2,10,14). The molecule has 0 aliphatic carbocycles. The molecule has 0 aliphatic heterocycles. The molecule has 1 atom stereocenters. The summed E-state index contributed by atoms with van der Waals surface area (Å²) in [5.41, 5.74) is 6.84. The van der Waals surface area contributed by atoms with Crippen LogP contribution < -0.4 is 10.0 Å². The number of rotatable bonds is 4. The SMILES string of the molecule is CCOP(N)(=S)Oc1ccc(C)cc1. The highest BCUT2D eigenvalue weighted by Crippen LogP contribution is 2.40. The van der Waals surface area contributed by atoms with Crippen molar-refractivity contribution in [2.45, 2.75) is 13.8 Å². The van der Waals surface area contributed by atoms with E-state index in [1.165, 1.54) is 5.56 Å². The molecule has 1 aromatic carbocycles. The molecular weight excluding hydrogens is 217 g/mol. The van der Waals surface area contributed by atoms with Gasteiger partial charge in [-0.15, -0.1) is 0 Å². The maximum atomic E-state index is 5.68. The molecular formula is C9H14NO2PS. The second-order valence-electron chi connectivity index (χ2n) is 2.86. The summed E-state index contributed by atoms with van der Waals surface area (Å²) in [5, 5.41) is 0. The highest BCUT2D eigenvalue weighted by atomic mass is 32.5. The van der Waals surface area contributed by atoms with E-state index in [4.69, 9.17) is 26.4 Å². The summed E-state index contributed by atoms with van der Waals surface area (Å²) in [4.78, 5) is 0. The van der Waals surface area contributed by atoms with Gasteiger partial charge in [-0.25, -0.2) is 5.50 Å². The maximum absolute atomic E-state index is 5.68. The first kappa shape index (κ1) is 11.7. The Morgan fingerprint density at radius 3 is 2.43 bits per heavy atom. The van der Waals surface area contributed by atoms with Gasteiger partial charge in [0.2, 0.25) is 0 Å². The lowest BCUT2D eigenvalue weighted by molar-refractivity contribution is 0.332. The minimum atomic E-state index is -2.60. The van der Waals surface area contributed by atoms with Gasteiger partial charge in [0, 0.05) is 0 Å². The molecule has 0 saturated carbocycles. The van der Waals surface area contributed by atoms with E-state index in [0.29, 0.717) is 12.4 Å². The summed E-state index contributed by atoms with van der Waals surface area (Å²) in [6.07, 6.45) is 0. The first-order chi connectivity index (χ1) is 6.53. The molecule has 0 saturated heterocycles. The van der Waals surface area contributed by atoms with E-state index in [1.807, 2.05) is 38.1 Å². The summed E-state index contributed by atoms with van der Waals surface area (Å²) in [6.45, 7) is 1.72. The smallest absolute Gasteiger partial charge is 0.310 e. The molecule has 0 aliphatic rings. The van der Waals surface area contributed by atoms with E-state index >= 15 is 0 Å². The summed E-state index contributed by atoms with van der Waals surface area (Å²) >= 11 is 5.00. The number of hydrogen-bond donors (Lipinski definition) is 1. The summed E-state index contributed by atoms with van der Waals surface area (Å²) in [5.74, 6) is 0.662. The van der Waals surface area contributed by atoms with Crippen molar-refractivity contribution in [3.8, 4) is 5.75 Å². The van der Waals surface area contributed by atoms with Gasteiger partial charge >= 0.3 is 6.64 Å². The Hall–Kier alpha value is -0.410. The van der Waals surface area contributed by atoms with E-state index in [-0.39, 0.29) is 0 Å². The number of benzene rings is 1. The minimum Gasteiger partial charge on any atom is -0.433 e. The van der Waals surface area contributed by atoms with Gasteiger partial charge in [-0.3, -0.25) is 0 Å². The molecule has 0 aromatic heterocycles. The van der Waals surface area contributed by atoms with E-state index in [2.05, 4.69) is 0 Å². The quantitative estimate of drug-likeness (QED) is 0.809. The Bertz CT molecular complexity index is 339. The Kier molecular flexibility index (Phi) is 4.08. The molecule has 5 heteroatoms. The van der Waals surface area contributed by atoms with Gasteiger partial charge in [-0.1, -0.05) is 17.7 Å². The van der Waals surface area contributed by atoms with Crippen molar-refractivity contribution in [1.82, 2.24) is 0 Å². The topological polar surface area (TPSA) is 44.5 Å². The van der Waals surface area contributed by atoms with Crippen LogP contribution in [0.4, 0.5) is 0 Å². The lowest BCUT2D eigenvalue weighted by atomic mass is 10.2. The fraction of sp³-hybridized carbons (Fsp3) is 0.333. The van der Waals surface area contributed by atoms with Gasteiger partial charge in [-0.05, 0) is 37.8 Å². The zero-order valence-corrected chi connectivity index (χ0v) is 9.98. The molecule has 0 amide bonds. The van der Waals surface area contributed by atoms with Crippen molar-refractivity contribution in [2.24, 2.45) is 5.50 Å². The van der Waals surface area contributed by atoms with Crippen LogP contribution in [0.3, 0.4) is 0 Å². The van der Waals surface area contributed by atoms with Crippen LogP contribution in [-0.2, 0) is 16.3 Å². The van der Waals surface area contributed by atoms with Crippen LogP contribution in [0, 0.1) is 6.92 Å². The van der Waals surface area contributed by atoms with Gasteiger partial charge in [0.25, 0.3) is 0 Å². The Balaban J connectivity index is 2.69. The van der Waals surface area contributed by atoms with E-state index in [1.54, 1.807) is 0 Å². The largest absolute Gasteiger partial charge is 0.433 e. The monoisotopic (exact) mass is 231 g/mol. The molecule has 1 unspecified atom stereocenters. The van der Waals surface area contributed by atoms with Crippen LogP contribution in [0.2, 0.25) is 0 Å². The number of hydrogen-bond acceptors (Lipinski definition) is 3. The third-order valence-electron chi connectivity index (χ3n) is 1.56. The molecule has 0 fully saturated rings. The number of nitrogens with two attached hydrogens (primary N) is 1. The van der Waals surface area contributed by atoms with Crippen molar-refractivity contribution in [2.75, 3.05) is 6.61 Å². The van der Waals surface area contributed by atoms with Crippen LogP contribution in [0.15, 0.2) is 24.3 Å². The molecule has 78 valence electrons. The zero-order chi connectivity index (χ0) is 10.6. The van der Waals surface area contributed by atoms with Crippen LogP contribution in [0.5, 0.6) is 5.75 Å². The highest BCUT2D eigenvalue weighted by Gasteiger charge is 2.12. The van der Waals surface area contributed by atoms with Crippen LogP contribution in [0.1, 0.15) is 12.5 Å². The third-order valence-corrected chi connectivity index (χ3v) is 3.19. The van der Waals surface area contributed by atoms with E-state index < -0.39 is 6.64 Å². The predicted octanol–water partition coefficient (Wildman–Crippen LogP) is 2.59. The zero-order valence-electron chi connectivity index (χ0n) is 8.27. The molecule has 0 bridgehead atoms. The second-order valence-corrected chi connectivity index (χ2v) is 5.91. The molecule has 0 spiro atoms. The van der Waals surface area contributed by atoms with Crippen LogP contribution in [-0.4, -0.2) is 6.61 Å². The van der Waals surface area contributed by atoms with Gasteiger partial charge in [-0.2, -0.15) is 0 Å². The normalized spacial score (nSPS) is 14.8. The third kappa shape index (κ3) is 3.76. The predicted molar refractivity (Wildman–Crippen MR) is 61.9 cm³/mol. The molecule has 1 rings (SSSR count). The summed E-state index contributed by atoms with van der Waals surface area (Å²) in [7, 11) is 0. The van der Waals surface area contributed by atoms with Crippen molar-refractivity contribution in [1.29, 1.82) is 0 Å². The maximum Gasteiger partial charge on any atom is 0.310 e. The lowest BCUT2D eigenvalue weighted by Gasteiger charge is -2.17. The van der Waals surface area contributed by atoms with E-state index in [0.717, 1.165) is 0 Å². The molecule has 3 nitrogen and oxygen atoms in total. The summed E-state index contributed by atoms with van der Waals surface area (Å²) in [6, 6.07) is 7.55. The first-order valence-electron chi connectivity index (χ1n) is 4.33. The molecule has 0 heterocycles. The van der Waals surface area contributed by atoms with Crippen molar-refractivity contribution in [3.63, 3.8) is 0 Å². The molecule has 2 N–H and O–H groups in total. The molecule has 0 radical (unpaired) electrons. The van der Waals surface area contributed by atoms with Gasteiger partial charge < -0.3 is 9.05 Å². The fourth-order valence-electron chi connectivity index (χ4n) is 0.952. The van der Waals surface area contributed by atoms with Crippen molar-refractivity contribution >= 4 is 18.4 Å². The van der Waals surface area contributed by atoms with Crippen molar-refractivity contribution < 1.29 is 9.05 Å². The summed E-state index contributed by atoms with van der Waals surface area (Å²) < 4.78 is 10.5. The van der Waals surface area contributed by atoms with Gasteiger partial charge in [0.05, 0.1) is 6.61 Å². The number of aryl methyl sites for hydroxylation is 1. The Morgan fingerprint density at radius 2 is 1.93 bits per heavy atom. The van der Waals surface area contributed by atoms with Crippen molar-refractivity contribution in [3.05, 3.63) is 29.8 Å². The van der Waals surface area contributed by atoms with E-state index in [9.17, 15) is 0 Å². The molecule has 1 aromatic rings. The van der Waals surface area contributed by atoms with Crippen LogP contribution in [0.25, 0.3) is 0 Å². The fourth-order valence-corrected chi connectivity index (χ4v) is 2.35. The van der Waals surface area contributed by atoms with Gasteiger partial charge in [0.1, 0.15) is 5.75 Å². The van der Waals surface area contributed by atoms with Gasteiger partial charge in [0.15, 0.2) is 0 Å². The minimum absolute atomic E-state index is 0.472.